The molecule has 0 fully saturated rings. The summed E-state index contributed by atoms with van der Waals surface area (Å²) in [4.78, 5) is 0. The maximum atomic E-state index is 5.91. The smallest absolute Gasteiger partial charge is 0.150 e. The predicted molar refractivity (Wildman–Crippen MR) is 76.4 cm³/mol. The fourth-order valence-corrected chi connectivity index (χ4v) is 2.01. The third-order valence-electron chi connectivity index (χ3n) is 2.52. The summed E-state index contributed by atoms with van der Waals surface area (Å²) in [6.45, 7) is 1.99. The Morgan fingerprint density at radius 2 is 1.78 bits per heavy atom. The second-order valence-electron chi connectivity index (χ2n) is 3.94. The Morgan fingerprint density at radius 1 is 1.06 bits per heavy atom. The maximum absolute atomic E-state index is 5.91. The Bertz CT molecular complexity index is 570. The molecule has 0 radical (unpaired) electrons. The first-order chi connectivity index (χ1) is 8.60. The standard InChI is InChI=1S/C14H14BrNO2/c1-9-3-5-14(12(16)7-9)18-13-6-4-10(17-2)8-11(13)15/h3-8H,16H2,1-2H3. The summed E-state index contributed by atoms with van der Waals surface area (Å²) in [5.41, 5.74) is 7.64. The van der Waals surface area contributed by atoms with Gasteiger partial charge in [0, 0.05) is 0 Å². The van der Waals surface area contributed by atoms with E-state index in [0.717, 1.165) is 15.8 Å². The van der Waals surface area contributed by atoms with Gasteiger partial charge in [-0.2, -0.15) is 0 Å². The average molecular weight is 308 g/mol. The lowest BCUT2D eigenvalue weighted by molar-refractivity contribution is 0.412. The van der Waals surface area contributed by atoms with Gasteiger partial charge < -0.3 is 15.2 Å². The van der Waals surface area contributed by atoms with E-state index in [1.54, 1.807) is 7.11 Å². The molecule has 2 rings (SSSR count). The largest absolute Gasteiger partial charge is 0.497 e. The van der Waals surface area contributed by atoms with E-state index >= 15 is 0 Å². The van der Waals surface area contributed by atoms with Crippen LogP contribution in [-0.4, -0.2) is 7.11 Å². The minimum absolute atomic E-state index is 0.623. The van der Waals surface area contributed by atoms with Crippen molar-refractivity contribution in [2.75, 3.05) is 12.8 Å². The Balaban J connectivity index is 2.28. The fraction of sp³-hybridized carbons (Fsp3) is 0.143. The van der Waals surface area contributed by atoms with Crippen molar-refractivity contribution in [3.05, 3.63) is 46.4 Å². The molecule has 0 aliphatic heterocycles. The number of anilines is 1. The van der Waals surface area contributed by atoms with Crippen LogP contribution in [0.5, 0.6) is 17.2 Å². The first-order valence-electron chi connectivity index (χ1n) is 5.47. The lowest BCUT2D eigenvalue weighted by Crippen LogP contribution is -1.93. The van der Waals surface area contributed by atoms with E-state index < -0.39 is 0 Å². The molecule has 0 saturated carbocycles. The molecular weight excluding hydrogens is 294 g/mol. The summed E-state index contributed by atoms with van der Waals surface area (Å²) in [7, 11) is 1.63. The van der Waals surface area contributed by atoms with Crippen LogP contribution in [0.3, 0.4) is 0 Å². The third-order valence-corrected chi connectivity index (χ3v) is 3.14. The Kier molecular flexibility index (Phi) is 3.77. The lowest BCUT2D eigenvalue weighted by Gasteiger charge is -2.11. The molecule has 2 aromatic rings. The van der Waals surface area contributed by atoms with Crippen LogP contribution >= 0.6 is 15.9 Å². The maximum Gasteiger partial charge on any atom is 0.150 e. The molecule has 0 saturated heterocycles. The van der Waals surface area contributed by atoms with Crippen molar-refractivity contribution in [3.8, 4) is 17.2 Å². The molecule has 2 N–H and O–H groups in total. The van der Waals surface area contributed by atoms with E-state index in [1.807, 2.05) is 43.3 Å². The number of ether oxygens (including phenoxy) is 2. The Hall–Kier alpha value is -1.68. The third kappa shape index (κ3) is 2.76. The lowest BCUT2D eigenvalue weighted by atomic mass is 10.2. The zero-order valence-electron chi connectivity index (χ0n) is 10.2. The van der Waals surface area contributed by atoms with Crippen molar-refractivity contribution in [2.45, 2.75) is 6.92 Å². The molecule has 0 aliphatic carbocycles. The number of rotatable bonds is 3. The molecule has 4 heteroatoms. The second kappa shape index (κ2) is 5.31. The predicted octanol–water partition coefficient (Wildman–Crippen LogP) is 4.14. The van der Waals surface area contributed by atoms with Crippen LogP contribution in [0.4, 0.5) is 5.69 Å². The molecule has 0 atom stereocenters. The van der Waals surface area contributed by atoms with Gasteiger partial charge in [-0.05, 0) is 58.7 Å². The van der Waals surface area contributed by atoms with Gasteiger partial charge >= 0.3 is 0 Å². The van der Waals surface area contributed by atoms with Crippen molar-refractivity contribution in [1.29, 1.82) is 0 Å². The number of nitrogen functional groups attached to an aromatic ring is 1. The van der Waals surface area contributed by atoms with Gasteiger partial charge in [0.05, 0.1) is 17.3 Å². The molecule has 0 unspecified atom stereocenters. The molecule has 2 aromatic carbocycles. The first kappa shape index (κ1) is 12.8. The summed E-state index contributed by atoms with van der Waals surface area (Å²) in [6, 6.07) is 11.2. The van der Waals surface area contributed by atoms with Crippen LogP contribution in [0.15, 0.2) is 40.9 Å². The molecule has 0 bridgehead atoms. The normalized spacial score (nSPS) is 10.2. The summed E-state index contributed by atoms with van der Waals surface area (Å²) in [6.07, 6.45) is 0. The summed E-state index contributed by atoms with van der Waals surface area (Å²) in [5.74, 6) is 2.11. The zero-order valence-corrected chi connectivity index (χ0v) is 11.8. The molecule has 0 spiro atoms. The quantitative estimate of drug-likeness (QED) is 0.867. The van der Waals surface area contributed by atoms with Gasteiger partial charge in [0.1, 0.15) is 17.2 Å². The van der Waals surface area contributed by atoms with Crippen molar-refractivity contribution < 1.29 is 9.47 Å². The molecule has 0 aromatic heterocycles. The number of halogens is 1. The summed E-state index contributed by atoms with van der Waals surface area (Å²) >= 11 is 3.44. The Labute approximate surface area is 115 Å². The number of hydrogen-bond acceptors (Lipinski definition) is 3. The van der Waals surface area contributed by atoms with Crippen LogP contribution in [0.25, 0.3) is 0 Å². The molecular formula is C14H14BrNO2. The van der Waals surface area contributed by atoms with Gasteiger partial charge in [0.25, 0.3) is 0 Å². The topological polar surface area (TPSA) is 44.5 Å². The van der Waals surface area contributed by atoms with Crippen LogP contribution in [0, 0.1) is 6.92 Å². The van der Waals surface area contributed by atoms with Crippen molar-refractivity contribution >= 4 is 21.6 Å². The summed E-state index contributed by atoms with van der Waals surface area (Å²) < 4.78 is 11.7. The van der Waals surface area contributed by atoms with Crippen LogP contribution in [0.2, 0.25) is 0 Å². The van der Waals surface area contributed by atoms with Gasteiger partial charge in [0.15, 0.2) is 0 Å². The highest BCUT2D eigenvalue weighted by Crippen LogP contribution is 2.35. The highest BCUT2D eigenvalue weighted by atomic mass is 79.9. The van der Waals surface area contributed by atoms with Crippen LogP contribution in [0.1, 0.15) is 5.56 Å². The average Bonchev–Trinajstić information content (AvgIpc) is 2.34. The monoisotopic (exact) mass is 307 g/mol. The van der Waals surface area contributed by atoms with E-state index in [-0.39, 0.29) is 0 Å². The Morgan fingerprint density at radius 3 is 2.39 bits per heavy atom. The highest BCUT2D eigenvalue weighted by Gasteiger charge is 2.07. The van der Waals surface area contributed by atoms with Crippen molar-refractivity contribution in [2.24, 2.45) is 0 Å². The minimum Gasteiger partial charge on any atom is -0.497 e. The molecule has 0 aliphatic rings. The molecule has 0 heterocycles. The van der Waals surface area contributed by atoms with Gasteiger partial charge in [-0.3, -0.25) is 0 Å². The molecule has 0 amide bonds. The van der Waals surface area contributed by atoms with Crippen molar-refractivity contribution in [1.82, 2.24) is 0 Å². The zero-order chi connectivity index (χ0) is 13.1. The number of hydrogen-bond donors (Lipinski definition) is 1. The van der Waals surface area contributed by atoms with Gasteiger partial charge in [0.2, 0.25) is 0 Å². The van der Waals surface area contributed by atoms with Crippen molar-refractivity contribution in [3.63, 3.8) is 0 Å². The second-order valence-corrected chi connectivity index (χ2v) is 4.79. The van der Waals surface area contributed by atoms with E-state index in [9.17, 15) is 0 Å². The minimum atomic E-state index is 0.623. The van der Waals surface area contributed by atoms with Gasteiger partial charge in [-0.15, -0.1) is 0 Å². The SMILES string of the molecule is COc1ccc(Oc2ccc(C)cc2N)c(Br)c1. The van der Waals surface area contributed by atoms with E-state index in [4.69, 9.17) is 15.2 Å². The van der Waals surface area contributed by atoms with E-state index in [2.05, 4.69) is 15.9 Å². The summed E-state index contributed by atoms with van der Waals surface area (Å²) in [5, 5.41) is 0. The van der Waals surface area contributed by atoms with E-state index in [0.29, 0.717) is 17.2 Å². The van der Waals surface area contributed by atoms with Gasteiger partial charge in [-0.1, -0.05) is 6.07 Å². The fourth-order valence-electron chi connectivity index (χ4n) is 1.57. The molecule has 94 valence electrons. The number of benzene rings is 2. The first-order valence-corrected chi connectivity index (χ1v) is 6.27. The molecule has 18 heavy (non-hydrogen) atoms. The van der Waals surface area contributed by atoms with E-state index in [1.165, 1.54) is 0 Å². The number of methoxy groups -OCH3 is 1. The number of aryl methyl sites for hydroxylation is 1. The van der Waals surface area contributed by atoms with Crippen LogP contribution in [-0.2, 0) is 0 Å². The number of nitrogens with two attached hydrogens (primary N) is 1. The van der Waals surface area contributed by atoms with Crippen LogP contribution < -0.4 is 15.2 Å². The highest BCUT2D eigenvalue weighted by molar-refractivity contribution is 9.10. The molecule has 3 nitrogen and oxygen atoms in total. The van der Waals surface area contributed by atoms with Gasteiger partial charge in [-0.25, -0.2) is 0 Å².